The smallest absolute Gasteiger partial charge is 0.303 e. The first-order valence-corrected chi connectivity index (χ1v) is 5.67. The average Bonchev–Trinajstić information content (AvgIpc) is 2.88. The number of alkyl halides is 10. The molecule has 1 aliphatic rings. The zero-order chi connectivity index (χ0) is 17.3. The van der Waals surface area contributed by atoms with Crippen LogP contribution in [-0.2, 0) is 4.74 Å². The van der Waals surface area contributed by atoms with Gasteiger partial charge in [-0.1, -0.05) is 0 Å². The first-order chi connectivity index (χ1) is 9.84. The minimum Gasteiger partial charge on any atom is -0.303 e. The van der Waals surface area contributed by atoms with Crippen molar-refractivity contribution in [1.82, 2.24) is 10.2 Å². The Morgan fingerprint density at radius 1 is 0.955 bits per heavy atom. The molecule has 0 aromatic rings. The highest BCUT2D eigenvalue weighted by atomic mass is 19.4. The summed E-state index contributed by atoms with van der Waals surface area (Å²) in [4.78, 5) is -0.330. The van der Waals surface area contributed by atoms with Gasteiger partial charge in [-0.25, -0.2) is 26.9 Å². The Kier molecular flexibility index (Phi) is 5.55. The van der Waals surface area contributed by atoms with Crippen LogP contribution in [0, 0.1) is 0 Å². The molecule has 1 heterocycles. The van der Waals surface area contributed by atoms with E-state index in [1.54, 1.807) is 0 Å². The fraction of sp³-hybridized carbons (Fsp3) is 1.00. The van der Waals surface area contributed by atoms with Crippen molar-refractivity contribution in [3.05, 3.63) is 0 Å². The largest absolute Gasteiger partial charge is 0.424 e. The first-order valence-electron chi connectivity index (χ1n) is 5.67. The molecule has 0 amide bonds. The number of halogens is 10. The number of hydrogen-bond donors (Lipinski definition) is 1. The van der Waals surface area contributed by atoms with E-state index in [4.69, 9.17) is 0 Å². The van der Waals surface area contributed by atoms with E-state index in [1.807, 2.05) is 0 Å². The molecule has 0 spiro atoms. The summed E-state index contributed by atoms with van der Waals surface area (Å²) in [7, 11) is 0. The lowest BCUT2D eigenvalue weighted by atomic mass is 10.1. The average molecular weight is 352 g/mol. The highest BCUT2D eigenvalue weighted by Crippen LogP contribution is 2.47. The van der Waals surface area contributed by atoms with Gasteiger partial charge in [0.1, 0.15) is 0 Å². The standard InChI is InChI=1S/C9H10F10N2O/c10-4(11)5(12)22-9(18,19)7(14,6(13)8(15,16)17)21-2-1-20-3-21/h4-6,20H,1-3H2. The van der Waals surface area contributed by atoms with Crippen LogP contribution in [0.15, 0.2) is 0 Å². The van der Waals surface area contributed by atoms with Gasteiger partial charge in [-0.05, 0) is 0 Å². The lowest BCUT2D eigenvalue weighted by Gasteiger charge is -2.41. The van der Waals surface area contributed by atoms with E-state index < -0.39 is 50.2 Å². The van der Waals surface area contributed by atoms with Crippen LogP contribution in [-0.4, -0.2) is 61.7 Å². The normalized spacial score (nSPS) is 23.6. The van der Waals surface area contributed by atoms with Gasteiger partial charge in [0.05, 0.1) is 6.67 Å². The van der Waals surface area contributed by atoms with Crippen molar-refractivity contribution < 1.29 is 48.6 Å². The van der Waals surface area contributed by atoms with Crippen molar-refractivity contribution >= 4 is 0 Å². The second-order valence-electron chi connectivity index (χ2n) is 4.32. The molecule has 13 heteroatoms. The van der Waals surface area contributed by atoms with Gasteiger partial charge in [0, 0.05) is 13.1 Å². The second-order valence-corrected chi connectivity index (χ2v) is 4.32. The maximum atomic E-state index is 14.3. The van der Waals surface area contributed by atoms with Crippen LogP contribution < -0.4 is 5.32 Å². The summed E-state index contributed by atoms with van der Waals surface area (Å²) in [5.41, 5.74) is 0. The molecule has 1 fully saturated rings. The van der Waals surface area contributed by atoms with Crippen LogP contribution in [0.5, 0.6) is 0 Å². The third-order valence-corrected chi connectivity index (χ3v) is 2.81. The summed E-state index contributed by atoms with van der Waals surface area (Å²) in [6.07, 6.45) is -25.0. The number of hydrogen-bond acceptors (Lipinski definition) is 3. The van der Waals surface area contributed by atoms with Gasteiger partial charge >= 0.3 is 12.3 Å². The molecule has 3 atom stereocenters. The molecule has 1 rings (SSSR count). The summed E-state index contributed by atoms with van der Waals surface area (Å²) < 4.78 is 131. The monoisotopic (exact) mass is 352 g/mol. The SMILES string of the molecule is FC(F)C(F)OC(F)(F)C(F)(C(F)C(F)(F)F)N1CCNC1. The Labute approximate surface area is 117 Å². The highest BCUT2D eigenvalue weighted by Gasteiger charge is 2.73. The number of nitrogens with zero attached hydrogens (tertiary/aromatic N) is 1. The van der Waals surface area contributed by atoms with Gasteiger partial charge < -0.3 is 5.32 Å². The van der Waals surface area contributed by atoms with E-state index in [0.717, 1.165) is 0 Å². The summed E-state index contributed by atoms with van der Waals surface area (Å²) in [6.45, 7) is -2.03. The lowest BCUT2D eigenvalue weighted by Crippen LogP contribution is -2.67. The molecule has 0 radical (unpaired) electrons. The van der Waals surface area contributed by atoms with Crippen LogP contribution in [0.4, 0.5) is 43.9 Å². The van der Waals surface area contributed by atoms with Crippen molar-refractivity contribution in [2.75, 3.05) is 19.8 Å². The van der Waals surface area contributed by atoms with Gasteiger partial charge in [-0.3, -0.25) is 4.74 Å². The Morgan fingerprint density at radius 3 is 1.86 bits per heavy atom. The van der Waals surface area contributed by atoms with Crippen LogP contribution in [0.25, 0.3) is 0 Å². The first kappa shape index (κ1) is 19.2. The van der Waals surface area contributed by atoms with E-state index >= 15 is 0 Å². The summed E-state index contributed by atoms with van der Waals surface area (Å²) >= 11 is 0. The van der Waals surface area contributed by atoms with Gasteiger partial charge in [-0.15, -0.1) is 0 Å². The van der Waals surface area contributed by atoms with Crippen molar-refractivity contribution in [2.45, 2.75) is 37.0 Å². The van der Waals surface area contributed by atoms with Gasteiger partial charge in [0.2, 0.25) is 0 Å². The van der Waals surface area contributed by atoms with Gasteiger partial charge in [-0.2, -0.15) is 22.0 Å². The molecular weight excluding hydrogens is 342 g/mol. The second kappa shape index (κ2) is 6.35. The fourth-order valence-electron chi connectivity index (χ4n) is 1.77. The van der Waals surface area contributed by atoms with E-state index in [9.17, 15) is 43.9 Å². The number of rotatable bonds is 6. The Bertz CT molecular complexity index is 372. The maximum Gasteiger partial charge on any atom is 0.424 e. The molecule has 0 saturated carbocycles. The minimum atomic E-state index is -6.10. The summed E-state index contributed by atoms with van der Waals surface area (Å²) in [5.74, 6) is -5.21. The zero-order valence-corrected chi connectivity index (χ0v) is 10.5. The molecule has 0 aromatic carbocycles. The quantitative estimate of drug-likeness (QED) is 0.588. The molecule has 1 N–H and O–H groups in total. The molecule has 0 bridgehead atoms. The van der Waals surface area contributed by atoms with Crippen molar-refractivity contribution in [2.24, 2.45) is 0 Å². The summed E-state index contributed by atoms with van der Waals surface area (Å²) in [6, 6.07) is 0. The van der Waals surface area contributed by atoms with Crippen LogP contribution >= 0.6 is 0 Å². The Balaban J connectivity index is 3.18. The molecule has 3 unspecified atom stereocenters. The van der Waals surface area contributed by atoms with E-state index in [-0.39, 0.29) is 11.4 Å². The Morgan fingerprint density at radius 2 is 1.50 bits per heavy atom. The van der Waals surface area contributed by atoms with E-state index in [1.165, 1.54) is 0 Å². The van der Waals surface area contributed by atoms with E-state index in [0.29, 0.717) is 0 Å². The predicted octanol–water partition coefficient (Wildman–Crippen LogP) is 2.59. The molecule has 1 aliphatic heterocycles. The van der Waals surface area contributed by atoms with Gasteiger partial charge in [0.15, 0.2) is 0 Å². The number of ether oxygens (including phenoxy) is 1. The molecule has 0 aliphatic carbocycles. The zero-order valence-electron chi connectivity index (χ0n) is 10.5. The third-order valence-electron chi connectivity index (χ3n) is 2.81. The van der Waals surface area contributed by atoms with Crippen molar-refractivity contribution in [3.8, 4) is 0 Å². The minimum absolute atomic E-state index is 0.278. The topological polar surface area (TPSA) is 24.5 Å². The molecule has 0 aromatic heterocycles. The van der Waals surface area contributed by atoms with Crippen molar-refractivity contribution in [3.63, 3.8) is 0 Å². The molecule has 22 heavy (non-hydrogen) atoms. The van der Waals surface area contributed by atoms with Crippen LogP contribution in [0.2, 0.25) is 0 Å². The van der Waals surface area contributed by atoms with Gasteiger partial charge in [0.25, 0.3) is 24.7 Å². The number of nitrogens with one attached hydrogen (secondary N) is 1. The summed E-state index contributed by atoms with van der Waals surface area (Å²) in [5, 5.41) is 2.15. The third kappa shape index (κ3) is 3.56. The predicted molar refractivity (Wildman–Crippen MR) is 51.3 cm³/mol. The molecule has 1 saturated heterocycles. The maximum absolute atomic E-state index is 14.3. The van der Waals surface area contributed by atoms with Crippen molar-refractivity contribution in [1.29, 1.82) is 0 Å². The highest BCUT2D eigenvalue weighted by molar-refractivity contribution is 4.99. The van der Waals surface area contributed by atoms with Crippen LogP contribution in [0.3, 0.4) is 0 Å². The molecular formula is C9H10F10N2O. The lowest BCUT2D eigenvalue weighted by molar-refractivity contribution is -0.411. The fourth-order valence-corrected chi connectivity index (χ4v) is 1.77. The molecule has 3 nitrogen and oxygen atoms in total. The molecule has 132 valence electrons. The van der Waals surface area contributed by atoms with E-state index in [2.05, 4.69) is 10.1 Å². The van der Waals surface area contributed by atoms with Crippen LogP contribution in [0.1, 0.15) is 0 Å². The Hall–Kier alpha value is -0.820.